The molecule has 1 aliphatic rings. The van der Waals surface area contributed by atoms with Gasteiger partial charge in [0.15, 0.2) is 17.3 Å². The van der Waals surface area contributed by atoms with E-state index in [1.54, 1.807) is 43.3 Å². The molecule has 2 amide bonds. The lowest BCUT2D eigenvalue weighted by Crippen LogP contribution is -2.46. The lowest BCUT2D eigenvalue weighted by molar-refractivity contribution is -0.142. The minimum absolute atomic E-state index is 0.0433. The number of benzene rings is 3. The van der Waals surface area contributed by atoms with Crippen LogP contribution in [0.3, 0.4) is 0 Å². The van der Waals surface area contributed by atoms with Crippen LogP contribution < -0.4 is 32.0 Å². The predicted molar refractivity (Wildman–Crippen MR) is 257 cm³/mol. The maximum absolute atomic E-state index is 14.8. The molecule has 4 bridgehead atoms. The summed E-state index contributed by atoms with van der Waals surface area (Å²) >= 11 is 0. The minimum atomic E-state index is -1.27. The Hall–Kier alpha value is -6.21. The van der Waals surface area contributed by atoms with Crippen molar-refractivity contribution in [2.45, 2.75) is 109 Å². The fourth-order valence-electron chi connectivity index (χ4n) is 8.41. The molecule has 15 nitrogen and oxygen atoms in total. The molecule has 67 heavy (non-hydrogen) atoms. The molecule has 0 aliphatic carbocycles. The molecule has 3 aromatic rings. The number of carbonyl (C=O) groups excluding carboxylic acids is 5. The van der Waals surface area contributed by atoms with Crippen molar-refractivity contribution in [2.24, 2.45) is 29.0 Å². The van der Waals surface area contributed by atoms with Gasteiger partial charge in [-0.15, -0.1) is 0 Å². The summed E-state index contributed by atoms with van der Waals surface area (Å²) in [6.45, 7) is 4.49. The maximum Gasteiger partial charge on any atom is 0.328 e. The number of rotatable bonds is 25. The summed E-state index contributed by atoms with van der Waals surface area (Å²) in [6, 6.07) is 15.4. The first kappa shape index (κ1) is 53.4. The van der Waals surface area contributed by atoms with Gasteiger partial charge in [0.05, 0.1) is 12.1 Å². The van der Waals surface area contributed by atoms with E-state index < -0.39 is 53.3 Å². The van der Waals surface area contributed by atoms with Crippen LogP contribution in [0.25, 0.3) is 17.2 Å². The lowest BCUT2D eigenvalue weighted by atomic mass is 9.87. The van der Waals surface area contributed by atoms with Crippen LogP contribution in [-0.4, -0.2) is 91.1 Å². The molecular formula is C52H68N6O9. The minimum Gasteiger partial charge on any atom is -0.492 e. The second kappa shape index (κ2) is 27.4. The number of ketones is 3. The molecule has 0 aromatic heterocycles. The summed E-state index contributed by atoms with van der Waals surface area (Å²) < 4.78 is 12.2. The number of nitrogens with two attached hydrogens (primary N) is 3. The number of hydrogen-bond acceptors (Lipinski definition) is 12. The van der Waals surface area contributed by atoms with Gasteiger partial charge in [-0.2, -0.15) is 5.26 Å². The SMILES string of the molecule is CCCCCCCCc1ccc(C(=O)C[C@@H](CCN)C(=O)N(C)[C@@H]2C(=O)C[C@@H](C)C(=O)N[C@H](C(=O)CCC#N)Cc3ccc(OCCN)c(c3)-c3cc2ccc3OCCN)c(/C=C/C(=O)O)c1. The third-order valence-electron chi connectivity index (χ3n) is 12.0. The number of ether oxygens (including phenoxy) is 2. The van der Waals surface area contributed by atoms with E-state index in [0.717, 1.165) is 43.7 Å². The highest BCUT2D eigenvalue weighted by Crippen LogP contribution is 2.41. The van der Waals surface area contributed by atoms with Crippen LogP contribution >= 0.6 is 0 Å². The number of nitrogens with one attached hydrogen (secondary N) is 1. The van der Waals surface area contributed by atoms with Crippen molar-refractivity contribution in [2.75, 3.05) is 39.9 Å². The Morgan fingerprint density at radius 2 is 1.57 bits per heavy atom. The van der Waals surface area contributed by atoms with Crippen LogP contribution in [0.5, 0.6) is 11.5 Å². The Labute approximate surface area is 394 Å². The van der Waals surface area contributed by atoms with Crippen molar-refractivity contribution in [3.63, 3.8) is 0 Å². The van der Waals surface area contributed by atoms with Gasteiger partial charge in [-0.1, -0.05) is 76.3 Å². The summed E-state index contributed by atoms with van der Waals surface area (Å²) in [4.78, 5) is 84.0. The topological polar surface area (TPSA) is 258 Å². The molecule has 0 unspecified atom stereocenters. The summed E-state index contributed by atoms with van der Waals surface area (Å²) in [5, 5.41) is 21.6. The quantitative estimate of drug-likeness (QED) is 0.0357. The average molecular weight is 921 g/mol. The van der Waals surface area contributed by atoms with Crippen molar-refractivity contribution >= 4 is 41.2 Å². The van der Waals surface area contributed by atoms with Crippen LogP contribution in [0.2, 0.25) is 0 Å². The van der Waals surface area contributed by atoms with Crippen molar-refractivity contribution in [1.82, 2.24) is 10.2 Å². The molecule has 1 heterocycles. The van der Waals surface area contributed by atoms with E-state index in [9.17, 15) is 39.1 Å². The Kier molecular flexibility index (Phi) is 21.9. The van der Waals surface area contributed by atoms with E-state index in [4.69, 9.17) is 26.7 Å². The number of Topliss-reactive ketones (excluding diaryl/α,β-unsaturated/α-hetero) is 3. The molecule has 8 N–H and O–H groups in total. The van der Waals surface area contributed by atoms with Gasteiger partial charge < -0.3 is 42.0 Å². The van der Waals surface area contributed by atoms with Crippen LogP contribution in [0.1, 0.15) is 123 Å². The largest absolute Gasteiger partial charge is 0.492 e. The molecule has 0 fully saturated rings. The number of carboxylic acid groups (broad SMARTS) is 1. The number of nitrogens with zero attached hydrogens (tertiary/aromatic N) is 2. The number of likely N-dealkylation sites (N-methyl/N-ethyl adjacent to an activating group) is 1. The van der Waals surface area contributed by atoms with Crippen LogP contribution in [-0.2, 0) is 36.8 Å². The van der Waals surface area contributed by atoms with E-state index in [1.165, 1.54) is 30.9 Å². The Morgan fingerprint density at radius 3 is 2.22 bits per heavy atom. The van der Waals surface area contributed by atoms with Crippen molar-refractivity contribution in [3.05, 3.63) is 88.5 Å². The molecule has 4 atom stereocenters. The third-order valence-corrected chi connectivity index (χ3v) is 12.0. The van der Waals surface area contributed by atoms with Gasteiger partial charge in [-0.3, -0.25) is 24.0 Å². The molecule has 15 heteroatoms. The van der Waals surface area contributed by atoms with Crippen molar-refractivity contribution < 1.29 is 43.3 Å². The first-order valence-electron chi connectivity index (χ1n) is 23.5. The summed E-state index contributed by atoms with van der Waals surface area (Å²) in [5.74, 6) is -4.61. The molecule has 1 aliphatic heterocycles. The zero-order chi connectivity index (χ0) is 48.9. The zero-order valence-electron chi connectivity index (χ0n) is 39.2. The number of hydrogen-bond donors (Lipinski definition) is 5. The van der Waals surface area contributed by atoms with Crippen LogP contribution in [0, 0.1) is 23.2 Å². The van der Waals surface area contributed by atoms with Crippen molar-refractivity contribution in [3.8, 4) is 28.7 Å². The fraction of sp³-hybridized carbons (Fsp3) is 0.481. The molecule has 360 valence electrons. The number of unbranched alkanes of at least 4 members (excludes halogenated alkanes) is 5. The van der Waals surface area contributed by atoms with Crippen molar-refractivity contribution in [1.29, 1.82) is 5.26 Å². The van der Waals surface area contributed by atoms with Gasteiger partial charge in [0.1, 0.15) is 30.8 Å². The van der Waals surface area contributed by atoms with E-state index >= 15 is 0 Å². The Balaban J connectivity index is 1.80. The number of carboxylic acids is 1. The smallest absolute Gasteiger partial charge is 0.328 e. The molecule has 0 radical (unpaired) electrons. The molecule has 4 rings (SSSR count). The molecule has 3 aromatic carbocycles. The molecule has 0 spiro atoms. The van der Waals surface area contributed by atoms with Gasteiger partial charge in [-0.25, -0.2) is 4.79 Å². The highest BCUT2D eigenvalue weighted by Gasteiger charge is 2.36. The van der Waals surface area contributed by atoms with Gasteiger partial charge in [0, 0.05) is 80.4 Å². The number of fused-ring (bicyclic) bond motifs is 5. The summed E-state index contributed by atoms with van der Waals surface area (Å²) in [6.07, 6.45) is 9.23. The van der Waals surface area contributed by atoms with E-state index in [0.29, 0.717) is 39.3 Å². The first-order chi connectivity index (χ1) is 32.3. The van der Waals surface area contributed by atoms with E-state index in [2.05, 4.69) is 12.2 Å². The Bertz CT molecular complexity index is 2270. The molecular weight excluding hydrogens is 853 g/mol. The predicted octanol–water partition coefficient (Wildman–Crippen LogP) is 6.28. The molecule has 0 saturated heterocycles. The third kappa shape index (κ3) is 15.7. The number of amides is 2. The highest BCUT2D eigenvalue weighted by molar-refractivity contribution is 6.03. The number of aryl methyl sites for hydroxylation is 1. The summed E-state index contributed by atoms with van der Waals surface area (Å²) in [7, 11) is 1.48. The van der Waals surface area contributed by atoms with Gasteiger partial charge >= 0.3 is 5.97 Å². The van der Waals surface area contributed by atoms with E-state index in [-0.39, 0.29) is 82.7 Å². The highest BCUT2D eigenvalue weighted by atomic mass is 16.5. The van der Waals surface area contributed by atoms with Gasteiger partial charge in [-0.05, 0) is 84.8 Å². The number of aliphatic carboxylic acids is 1. The van der Waals surface area contributed by atoms with Gasteiger partial charge in [0.2, 0.25) is 11.8 Å². The monoisotopic (exact) mass is 921 g/mol. The van der Waals surface area contributed by atoms with Crippen LogP contribution in [0.4, 0.5) is 0 Å². The van der Waals surface area contributed by atoms with E-state index in [1.807, 2.05) is 24.3 Å². The Morgan fingerprint density at radius 1 is 0.896 bits per heavy atom. The van der Waals surface area contributed by atoms with Crippen LogP contribution in [0.15, 0.2) is 60.7 Å². The number of carbonyl (C=O) groups is 6. The maximum atomic E-state index is 14.8. The molecule has 0 saturated carbocycles. The second-order valence-corrected chi connectivity index (χ2v) is 17.2. The normalized spacial score (nSPS) is 16.6. The van der Waals surface area contributed by atoms with Gasteiger partial charge in [0.25, 0.3) is 0 Å². The zero-order valence-corrected chi connectivity index (χ0v) is 39.2. The fourth-order valence-corrected chi connectivity index (χ4v) is 8.41. The first-order valence-corrected chi connectivity index (χ1v) is 23.5. The number of nitriles is 1. The average Bonchev–Trinajstić information content (AvgIpc) is 3.31. The standard InChI is InChI=1S/C52H68N6O9/c1-4-5-6-7-8-9-11-35-13-17-40(37(29-35)16-20-49(62)63)45(60)33-39(21-23-54)52(65)58(3)50-38-15-19-48(67-27-25-56)42(32-38)41-30-36(14-18-47(41)66-26-24-55)31-43(44(59)12-10-22-53)57-51(64)34(2)28-46(50)61/h13-20,29-30,32,34,39,43,50H,4-12,21,23-28,31,33,54-56H2,1-3H3,(H,57,64)(H,62,63)/b20-16+/t34-,39-,43+,50+/m1/s1. The summed E-state index contributed by atoms with van der Waals surface area (Å²) in [5.41, 5.74) is 21.5. The second-order valence-electron chi connectivity index (χ2n) is 17.2. The lowest BCUT2D eigenvalue weighted by Gasteiger charge is -2.32.